The summed E-state index contributed by atoms with van der Waals surface area (Å²) in [5, 5.41) is 3.07. The molecule has 3 heterocycles. The predicted molar refractivity (Wildman–Crippen MR) is 61.9 cm³/mol. The molecule has 4 heteroatoms. The van der Waals surface area contributed by atoms with Crippen molar-refractivity contribution in [2.45, 2.75) is 62.7 Å². The summed E-state index contributed by atoms with van der Waals surface area (Å²) < 4.78 is 0. The van der Waals surface area contributed by atoms with Gasteiger partial charge in [-0.05, 0) is 32.1 Å². The molecule has 0 saturated carbocycles. The number of nitrogens with zero attached hydrogens (tertiary/aromatic N) is 1. The van der Waals surface area contributed by atoms with Crippen LogP contribution in [-0.4, -0.2) is 41.5 Å². The van der Waals surface area contributed by atoms with Gasteiger partial charge in [-0.25, -0.2) is 0 Å². The van der Waals surface area contributed by atoms with Gasteiger partial charge in [0, 0.05) is 37.1 Å². The first-order valence-electron chi connectivity index (χ1n) is 6.53. The number of carbonyl (C=O) groups excluding carboxylic acids is 1. The van der Waals surface area contributed by atoms with Crippen molar-refractivity contribution in [3.05, 3.63) is 0 Å². The Bertz CT molecular complexity index is 280. The first-order chi connectivity index (χ1) is 7.72. The van der Waals surface area contributed by atoms with Crippen molar-refractivity contribution >= 4 is 5.91 Å². The smallest absolute Gasteiger partial charge is 0.220 e. The van der Waals surface area contributed by atoms with E-state index < -0.39 is 0 Å². The van der Waals surface area contributed by atoms with E-state index in [1.165, 1.54) is 12.8 Å². The van der Waals surface area contributed by atoms with E-state index in [0.29, 0.717) is 30.6 Å². The van der Waals surface area contributed by atoms with E-state index in [4.69, 9.17) is 5.73 Å². The van der Waals surface area contributed by atoms with Crippen LogP contribution in [0.5, 0.6) is 0 Å². The molecule has 90 valence electrons. The molecule has 3 unspecified atom stereocenters. The fraction of sp³-hybridized carbons (Fsp3) is 0.917. The zero-order chi connectivity index (χ0) is 11.1. The van der Waals surface area contributed by atoms with Gasteiger partial charge in [-0.2, -0.15) is 0 Å². The summed E-state index contributed by atoms with van der Waals surface area (Å²) in [4.78, 5) is 13.8. The first-order valence-corrected chi connectivity index (χ1v) is 6.53. The average Bonchev–Trinajstić information content (AvgIpc) is 2.72. The highest BCUT2D eigenvalue weighted by molar-refractivity contribution is 5.78. The molecule has 4 nitrogen and oxygen atoms in total. The molecule has 0 aromatic rings. The minimum absolute atomic E-state index is 0.228. The van der Waals surface area contributed by atoms with Gasteiger partial charge < -0.3 is 11.1 Å². The summed E-state index contributed by atoms with van der Waals surface area (Å²) in [5.74, 6) is 0.228. The standard InChI is InChI=1S/C12H21N3O/c13-8-5-10-2-3-11(6-8)15(10)7-9-1-4-12(16)14-9/h8-11H,1-7,13H2,(H,14,16). The third-order valence-electron chi connectivity index (χ3n) is 4.44. The Labute approximate surface area is 96.5 Å². The average molecular weight is 223 g/mol. The molecule has 1 amide bonds. The highest BCUT2D eigenvalue weighted by Crippen LogP contribution is 2.35. The largest absolute Gasteiger partial charge is 0.352 e. The van der Waals surface area contributed by atoms with Crippen molar-refractivity contribution in [1.29, 1.82) is 0 Å². The zero-order valence-corrected chi connectivity index (χ0v) is 9.69. The van der Waals surface area contributed by atoms with Gasteiger partial charge in [-0.3, -0.25) is 9.69 Å². The zero-order valence-electron chi connectivity index (χ0n) is 9.69. The van der Waals surface area contributed by atoms with Gasteiger partial charge in [0.25, 0.3) is 0 Å². The second-order valence-electron chi connectivity index (χ2n) is 5.62. The van der Waals surface area contributed by atoms with Crippen LogP contribution in [0.25, 0.3) is 0 Å². The Kier molecular flexibility index (Phi) is 2.64. The van der Waals surface area contributed by atoms with Crippen LogP contribution in [0.1, 0.15) is 38.5 Å². The topological polar surface area (TPSA) is 58.4 Å². The van der Waals surface area contributed by atoms with Gasteiger partial charge in [0.05, 0.1) is 0 Å². The molecular weight excluding hydrogens is 202 g/mol. The number of nitrogens with two attached hydrogens (primary N) is 1. The molecule has 2 bridgehead atoms. The lowest BCUT2D eigenvalue weighted by molar-refractivity contribution is -0.119. The summed E-state index contributed by atoms with van der Waals surface area (Å²) in [5.41, 5.74) is 6.05. The van der Waals surface area contributed by atoms with E-state index in [1.807, 2.05) is 0 Å². The number of rotatable bonds is 2. The number of carbonyl (C=O) groups is 1. The molecule has 3 aliphatic heterocycles. The third-order valence-corrected chi connectivity index (χ3v) is 4.44. The van der Waals surface area contributed by atoms with Crippen LogP contribution in [0, 0.1) is 0 Å². The maximum Gasteiger partial charge on any atom is 0.220 e. The molecule has 3 fully saturated rings. The van der Waals surface area contributed by atoms with Crippen molar-refractivity contribution in [3.63, 3.8) is 0 Å². The molecule has 0 aliphatic carbocycles. The molecule has 0 aromatic carbocycles. The van der Waals surface area contributed by atoms with Gasteiger partial charge in [0.1, 0.15) is 0 Å². The molecule has 3 aliphatic rings. The van der Waals surface area contributed by atoms with Gasteiger partial charge in [-0.15, -0.1) is 0 Å². The van der Waals surface area contributed by atoms with Crippen molar-refractivity contribution in [3.8, 4) is 0 Å². The van der Waals surface area contributed by atoms with Crippen LogP contribution in [-0.2, 0) is 4.79 Å². The lowest BCUT2D eigenvalue weighted by Gasteiger charge is -2.38. The lowest BCUT2D eigenvalue weighted by atomic mass is 9.97. The predicted octanol–water partition coefficient (Wildman–Crippen LogP) is 0.219. The van der Waals surface area contributed by atoms with E-state index in [-0.39, 0.29) is 5.91 Å². The van der Waals surface area contributed by atoms with E-state index in [2.05, 4.69) is 10.2 Å². The normalized spacial score (nSPS) is 43.7. The van der Waals surface area contributed by atoms with E-state index in [1.54, 1.807) is 0 Å². The van der Waals surface area contributed by atoms with Crippen LogP contribution in [0.3, 0.4) is 0 Å². The van der Waals surface area contributed by atoms with Gasteiger partial charge in [-0.1, -0.05) is 0 Å². The number of piperidine rings is 1. The van der Waals surface area contributed by atoms with Crippen molar-refractivity contribution in [1.82, 2.24) is 10.2 Å². The molecule has 3 rings (SSSR count). The van der Waals surface area contributed by atoms with E-state index >= 15 is 0 Å². The highest BCUT2D eigenvalue weighted by Gasteiger charge is 2.40. The summed E-state index contributed by atoms with van der Waals surface area (Å²) in [7, 11) is 0. The van der Waals surface area contributed by atoms with Crippen LogP contribution in [0.15, 0.2) is 0 Å². The van der Waals surface area contributed by atoms with Crippen LogP contribution >= 0.6 is 0 Å². The van der Waals surface area contributed by atoms with Crippen LogP contribution in [0.4, 0.5) is 0 Å². The molecule has 0 radical (unpaired) electrons. The number of hydrogen-bond acceptors (Lipinski definition) is 3. The second kappa shape index (κ2) is 4.00. The maximum absolute atomic E-state index is 11.2. The van der Waals surface area contributed by atoms with Crippen LogP contribution < -0.4 is 11.1 Å². The van der Waals surface area contributed by atoms with Gasteiger partial charge in [0.15, 0.2) is 0 Å². The monoisotopic (exact) mass is 223 g/mol. The minimum atomic E-state index is 0.228. The van der Waals surface area contributed by atoms with Gasteiger partial charge in [0.2, 0.25) is 5.91 Å². The molecule has 16 heavy (non-hydrogen) atoms. The quantitative estimate of drug-likeness (QED) is 0.704. The first kappa shape index (κ1) is 10.5. The molecule has 3 N–H and O–H groups in total. The van der Waals surface area contributed by atoms with Crippen molar-refractivity contribution in [2.75, 3.05) is 6.54 Å². The molecule has 3 atom stereocenters. The number of hydrogen-bond donors (Lipinski definition) is 2. The van der Waals surface area contributed by atoms with Gasteiger partial charge >= 0.3 is 0 Å². The van der Waals surface area contributed by atoms with Crippen LogP contribution in [0.2, 0.25) is 0 Å². The Hall–Kier alpha value is -0.610. The van der Waals surface area contributed by atoms with E-state index in [0.717, 1.165) is 25.8 Å². The fourth-order valence-electron chi connectivity index (χ4n) is 3.68. The van der Waals surface area contributed by atoms with Crippen molar-refractivity contribution < 1.29 is 4.79 Å². The molecule has 0 spiro atoms. The SMILES string of the molecule is NC1CC2CCC(C1)N2CC1CCC(=O)N1. The van der Waals surface area contributed by atoms with E-state index in [9.17, 15) is 4.79 Å². The van der Waals surface area contributed by atoms with Crippen molar-refractivity contribution in [2.24, 2.45) is 5.73 Å². The molecule has 0 aromatic heterocycles. The Morgan fingerprint density at radius 3 is 2.50 bits per heavy atom. The number of amides is 1. The Morgan fingerprint density at radius 1 is 1.25 bits per heavy atom. The summed E-state index contributed by atoms with van der Waals surface area (Å²) >= 11 is 0. The fourth-order valence-corrected chi connectivity index (χ4v) is 3.68. The molecule has 3 saturated heterocycles. The Morgan fingerprint density at radius 2 is 1.94 bits per heavy atom. The summed E-state index contributed by atoms with van der Waals surface area (Å²) in [6.07, 6.45) is 6.64. The molecular formula is C12H21N3O. The summed E-state index contributed by atoms with van der Waals surface area (Å²) in [6.45, 7) is 1.05. The minimum Gasteiger partial charge on any atom is -0.352 e. The third kappa shape index (κ3) is 1.84. The number of fused-ring (bicyclic) bond motifs is 2. The Balaban J connectivity index is 1.61. The second-order valence-corrected chi connectivity index (χ2v) is 5.62. The summed E-state index contributed by atoms with van der Waals surface area (Å²) in [6, 6.07) is 2.18. The maximum atomic E-state index is 11.2. The highest BCUT2D eigenvalue weighted by atomic mass is 16.1. The number of nitrogens with one attached hydrogen (secondary N) is 1. The lowest BCUT2D eigenvalue weighted by Crippen LogP contribution is -2.51.